The van der Waals surface area contributed by atoms with Gasteiger partial charge < -0.3 is 4.52 Å². The zero-order chi connectivity index (χ0) is 12.2. The second-order valence-electron chi connectivity index (χ2n) is 6.06. The van der Waals surface area contributed by atoms with Crippen LogP contribution in [0.25, 0.3) is 0 Å². The topological polar surface area (TPSA) is 32.3 Å². The quantitative estimate of drug-likeness (QED) is 0.551. The lowest BCUT2D eigenvalue weighted by atomic mass is 10.2. The predicted molar refractivity (Wildman–Crippen MR) is 65.4 cm³/mol. The Labute approximate surface area is 98.5 Å². The van der Waals surface area contributed by atoms with E-state index >= 15 is 0 Å². The van der Waals surface area contributed by atoms with Crippen LogP contribution in [0.3, 0.4) is 0 Å². The first-order valence-corrected chi connectivity index (χ1v) is 7.58. The molecule has 2 aliphatic heterocycles. The highest BCUT2D eigenvalue weighted by Gasteiger charge is 2.65. The van der Waals surface area contributed by atoms with Crippen LogP contribution >= 0.6 is 7.67 Å². The van der Waals surface area contributed by atoms with E-state index in [9.17, 15) is 4.57 Å². The highest BCUT2D eigenvalue weighted by atomic mass is 31.2. The molecule has 5 heteroatoms. The lowest BCUT2D eigenvalue weighted by Crippen LogP contribution is -2.18. The Morgan fingerprint density at radius 3 is 1.75 bits per heavy atom. The molecule has 0 aromatic rings. The van der Waals surface area contributed by atoms with Crippen LogP contribution in [0.15, 0.2) is 0 Å². The van der Waals surface area contributed by atoms with Crippen molar-refractivity contribution in [2.75, 3.05) is 19.7 Å². The first-order valence-electron chi connectivity index (χ1n) is 6.05. The van der Waals surface area contributed by atoms with Crippen LogP contribution in [0.4, 0.5) is 0 Å². The molecule has 0 radical (unpaired) electrons. The average molecular weight is 246 g/mol. The van der Waals surface area contributed by atoms with Crippen molar-refractivity contribution >= 4 is 7.67 Å². The Bertz CT molecular complexity index is 315. The highest BCUT2D eigenvalue weighted by Crippen LogP contribution is 2.70. The van der Waals surface area contributed by atoms with Gasteiger partial charge in [-0.2, -0.15) is 0 Å². The minimum absolute atomic E-state index is 0.0436. The van der Waals surface area contributed by atoms with E-state index in [1.807, 2.05) is 16.3 Å². The molecule has 0 aliphatic carbocycles. The van der Waals surface area contributed by atoms with Crippen LogP contribution in [0.2, 0.25) is 0 Å². The standard InChI is InChI=1S/C11H23N2O2P/c1-6-7-15-16(14,12-8-10(12,2)3)13-9-11(13,4)5/h6-9H2,1-5H3. The van der Waals surface area contributed by atoms with E-state index in [1.165, 1.54) is 0 Å². The maximum atomic E-state index is 13.0. The molecule has 0 N–H and O–H groups in total. The summed E-state index contributed by atoms with van der Waals surface area (Å²) in [6, 6.07) is 0. The van der Waals surface area contributed by atoms with Gasteiger partial charge in [0, 0.05) is 24.2 Å². The molecule has 2 fully saturated rings. The number of nitrogens with zero attached hydrogens (tertiary/aromatic N) is 2. The molecule has 2 unspecified atom stereocenters. The Kier molecular flexibility index (Phi) is 2.79. The molecule has 0 saturated carbocycles. The largest absolute Gasteiger partial charge is 0.347 e. The fraction of sp³-hybridized carbons (Fsp3) is 1.00. The zero-order valence-corrected chi connectivity index (χ0v) is 11.9. The molecule has 2 heterocycles. The van der Waals surface area contributed by atoms with Crippen molar-refractivity contribution in [3.63, 3.8) is 0 Å². The first kappa shape index (κ1) is 12.6. The summed E-state index contributed by atoms with van der Waals surface area (Å²) in [4.78, 5) is 0. The van der Waals surface area contributed by atoms with E-state index < -0.39 is 7.67 Å². The monoisotopic (exact) mass is 246 g/mol. The van der Waals surface area contributed by atoms with Crippen LogP contribution < -0.4 is 0 Å². The minimum Gasteiger partial charge on any atom is -0.306 e. The summed E-state index contributed by atoms with van der Waals surface area (Å²) < 4.78 is 22.7. The van der Waals surface area contributed by atoms with Crippen molar-refractivity contribution in [1.29, 1.82) is 0 Å². The normalized spacial score (nSPS) is 37.8. The molecule has 2 saturated heterocycles. The van der Waals surface area contributed by atoms with Crippen molar-refractivity contribution in [3.8, 4) is 0 Å². The molecule has 0 aromatic carbocycles. The Balaban J connectivity index is 2.12. The summed E-state index contributed by atoms with van der Waals surface area (Å²) >= 11 is 0. The summed E-state index contributed by atoms with van der Waals surface area (Å²) in [5.74, 6) is 0. The van der Waals surface area contributed by atoms with Crippen LogP contribution in [0.5, 0.6) is 0 Å². The van der Waals surface area contributed by atoms with Crippen LogP contribution in [0, 0.1) is 0 Å². The molecule has 4 nitrogen and oxygen atoms in total. The van der Waals surface area contributed by atoms with Gasteiger partial charge in [-0.05, 0) is 34.1 Å². The third kappa shape index (κ3) is 1.97. The SMILES string of the molecule is CCCOP(=O)(N1CC1(C)C)N1CC1(C)C. The van der Waals surface area contributed by atoms with Crippen molar-refractivity contribution in [3.05, 3.63) is 0 Å². The van der Waals surface area contributed by atoms with Gasteiger partial charge >= 0.3 is 7.67 Å². The smallest absolute Gasteiger partial charge is 0.306 e. The van der Waals surface area contributed by atoms with Crippen molar-refractivity contribution in [1.82, 2.24) is 9.34 Å². The van der Waals surface area contributed by atoms with E-state index in [0.29, 0.717) is 6.61 Å². The molecule has 0 spiro atoms. The number of hydrogen-bond donors (Lipinski definition) is 0. The van der Waals surface area contributed by atoms with Crippen molar-refractivity contribution < 1.29 is 9.09 Å². The van der Waals surface area contributed by atoms with Gasteiger partial charge in [-0.3, -0.25) is 4.57 Å². The van der Waals surface area contributed by atoms with E-state index in [0.717, 1.165) is 19.5 Å². The molecule has 16 heavy (non-hydrogen) atoms. The minimum atomic E-state index is -2.73. The molecule has 0 bridgehead atoms. The lowest BCUT2D eigenvalue weighted by Gasteiger charge is -2.24. The Morgan fingerprint density at radius 2 is 1.50 bits per heavy atom. The highest BCUT2D eigenvalue weighted by molar-refractivity contribution is 7.54. The second kappa shape index (κ2) is 3.55. The number of rotatable bonds is 5. The molecule has 2 aliphatic rings. The van der Waals surface area contributed by atoms with Gasteiger partial charge in [0.15, 0.2) is 0 Å². The molecule has 0 amide bonds. The van der Waals surface area contributed by atoms with Gasteiger partial charge in [0.05, 0.1) is 6.61 Å². The summed E-state index contributed by atoms with van der Waals surface area (Å²) in [5.41, 5.74) is 0.0872. The third-order valence-corrected chi connectivity index (χ3v) is 6.44. The Hall–Kier alpha value is 0.110. The molecular weight excluding hydrogens is 223 g/mol. The van der Waals surface area contributed by atoms with E-state index in [1.54, 1.807) is 0 Å². The van der Waals surface area contributed by atoms with E-state index in [4.69, 9.17) is 4.52 Å². The summed E-state index contributed by atoms with van der Waals surface area (Å²) in [7, 11) is -2.73. The van der Waals surface area contributed by atoms with Crippen LogP contribution in [-0.4, -0.2) is 40.1 Å². The summed E-state index contributed by atoms with van der Waals surface area (Å²) in [6.45, 7) is 12.8. The molecule has 2 rings (SSSR count). The molecular formula is C11H23N2O2P. The fourth-order valence-electron chi connectivity index (χ4n) is 2.01. The molecule has 94 valence electrons. The van der Waals surface area contributed by atoms with Gasteiger partial charge in [0.25, 0.3) is 0 Å². The van der Waals surface area contributed by atoms with Gasteiger partial charge in [-0.15, -0.1) is 0 Å². The fourth-order valence-corrected chi connectivity index (χ4v) is 5.38. The average Bonchev–Trinajstić information content (AvgIpc) is 2.99. The molecule has 2 atom stereocenters. The van der Waals surface area contributed by atoms with Gasteiger partial charge in [0.2, 0.25) is 0 Å². The zero-order valence-electron chi connectivity index (χ0n) is 11.0. The maximum absolute atomic E-state index is 13.0. The maximum Gasteiger partial charge on any atom is 0.347 e. The van der Waals surface area contributed by atoms with E-state index in [-0.39, 0.29) is 11.1 Å². The Morgan fingerprint density at radius 1 is 1.12 bits per heavy atom. The van der Waals surface area contributed by atoms with Gasteiger partial charge in [0.1, 0.15) is 0 Å². The van der Waals surface area contributed by atoms with Gasteiger partial charge in [-0.25, -0.2) is 9.34 Å². The number of hydrogen-bond acceptors (Lipinski definition) is 2. The first-order chi connectivity index (χ1) is 7.24. The van der Waals surface area contributed by atoms with Crippen LogP contribution in [-0.2, 0) is 9.09 Å². The predicted octanol–water partition coefficient (Wildman–Crippen LogP) is 2.71. The summed E-state index contributed by atoms with van der Waals surface area (Å²) in [6.07, 6.45) is 0.909. The van der Waals surface area contributed by atoms with Crippen molar-refractivity contribution in [2.24, 2.45) is 0 Å². The molecule has 0 aromatic heterocycles. The summed E-state index contributed by atoms with van der Waals surface area (Å²) in [5, 5.41) is 0. The second-order valence-corrected chi connectivity index (χ2v) is 8.27. The lowest BCUT2D eigenvalue weighted by molar-refractivity contribution is 0.259. The van der Waals surface area contributed by atoms with Crippen molar-refractivity contribution in [2.45, 2.75) is 52.1 Å². The van der Waals surface area contributed by atoms with E-state index in [2.05, 4.69) is 27.7 Å². The third-order valence-electron chi connectivity index (χ3n) is 3.34. The van der Waals surface area contributed by atoms with Gasteiger partial charge in [-0.1, -0.05) is 6.92 Å². The van der Waals surface area contributed by atoms with Crippen LogP contribution in [0.1, 0.15) is 41.0 Å².